The third-order valence-corrected chi connectivity index (χ3v) is 3.18. The summed E-state index contributed by atoms with van der Waals surface area (Å²) in [5, 5.41) is 5.92. The average Bonchev–Trinajstić information content (AvgIpc) is 3.04. The lowest BCUT2D eigenvalue weighted by atomic mass is 10.1. The predicted octanol–water partition coefficient (Wildman–Crippen LogP) is 1.91. The van der Waals surface area contributed by atoms with Gasteiger partial charge in [0.15, 0.2) is 0 Å². The maximum Gasteiger partial charge on any atom is 0.0737 e. The predicted molar refractivity (Wildman–Crippen MR) is 60.6 cm³/mol. The highest BCUT2D eigenvalue weighted by Gasteiger charge is 2.29. The molecule has 1 aliphatic carbocycles. The van der Waals surface area contributed by atoms with Crippen molar-refractivity contribution in [3.8, 4) is 0 Å². The van der Waals surface area contributed by atoms with Crippen molar-refractivity contribution in [2.24, 2.45) is 12.8 Å². The second kappa shape index (κ2) is 3.07. The van der Waals surface area contributed by atoms with E-state index >= 15 is 0 Å². The Morgan fingerprint density at radius 2 is 2.27 bits per heavy atom. The van der Waals surface area contributed by atoms with Crippen LogP contribution in [0.3, 0.4) is 0 Å². The van der Waals surface area contributed by atoms with Crippen LogP contribution >= 0.6 is 0 Å². The molecule has 0 saturated heterocycles. The van der Waals surface area contributed by atoms with Gasteiger partial charge in [0.2, 0.25) is 0 Å². The summed E-state index contributed by atoms with van der Waals surface area (Å²) >= 11 is 0. The zero-order chi connectivity index (χ0) is 10.4. The van der Waals surface area contributed by atoms with Crippen LogP contribution in [0, 0.1) is 0 Å². The Morgan fingerprint density at radius 1 is 1.47 bits per heavy atom. The maximum atomic E-state index is 5.78. The second-order valence-corrected chi connectivity index (χ2v) is 4.30. The fourth-order valence-electron chi connectivity index (χ4n) is 2.23. The minimum absolute atomic E-state index is 0.600. The van der Waals surface area contributed by atoms with E-state index in [0.717, 1.165) is 0 Å². The van der Waals surface area contributed by atoms with Gasteiger partial charge in [-0.2, -0.15) is 5.10 Å². The quantitative estimate of drug-likeness (QED) is 0.806. The minimum atomic E-state index is 0.600. The van der Waals surface area contributed by atoms with E-state index in [1.165, 1.54) is 35.0 Å². The van der Waals surface area contributed by atoms with Crippen molar-refractivity contribution in [2.75, 3.05) is 0 Å². The number of fused-ring (bicyclic) bond motifs is 1. The zero-order valence-corrected chi connectivity index (χ0v) is 8.90. The molecule has 1 saturated carbocycles. The first-order valence-corrected chi connectivity index (χ1v) is 5.46. The van der Waals surface area contributed by atoms with Crippen LogP contribution < -0.4 is 5.73 Å². The van der Waals surface area contributed by atoms with Crippen molar-refractivity contribution in [1.82, 2.24) is 9.78 Å². The molecule has 2 aromatic rings. The highest BCUT2D eigenvalue weighted by atomic mass is 15.3. The molecular formula is C12H15N3. The number of nitrogens with zero attached hydrogens (tertiary/aromatic N) is 2. The average molecular weight is 201 g/mol. The van der Waals surface area contributed by atoms with Gasteiger partial charge in [-0.25, -0.2) is 0 Å². The molecule has 0 atom stereocenters. The van der Waals surface area contributed by atoms with Crippen LogP contribution in [0.4, 0.5) is 0 Å². The van der Waals surface area contributed by atoms with Crippen molar-refractivity contribution in [2.45, 2.75) is 25.3 Å². The van der Waals surface area contributed by atoms with Crippen LogP contribution in [0.15, 0.2) is 18.2 Å². The van der Waals surface area contributed by atoms with Crippen LogP contribution in [-0.2, 0) is 13.6 Å². The van der Waals surface area contributed by atoms with Crippen molar-refractivity contribution >= 4 is 10.9 Å². The van der Waals surface area contributed by atoms with E-state index in [1.807, 2.05) is 11.7 Å². The highest BCUT2D eigenvalue weighted by molar-refractivity contribution is 5.86. The summed E-state index contributed by atoms with van der Waals surface area (Å²) in [6, 6.07) is 6.28. The summed E-state index contributed by atoms with van der Waals surface area (Å²) in [4.78, 5) is 0. The molecule has 3 heteroatoms. The molecule has 0 radical (unpaired) electrons. The van der Waals surface area contributed by atoms with Gasteiger partial charge < -0.3 is 5.73 Å². The van der Waals surface area contributed by atoms with Gasteiger partial charge in [-0.1, -0.05) is 12.1 Å². The van der Waals surface area contributed by atoms with E-state index < -0.39 is 0 Å². The Labute approximate surface area is 88.9 Å². The molecule has 0 spiro atoms. The van der Waals surface area contributed by atoms with Gasteiger partial charge in [0, 0.05) is 24.9 Å². The number of rotatable bonds is 2. The molecule has 1 heterocycles. The van der Waals surface area contributed by atoms with Crippen LogP contribution in [0.1, 0.15) is 30.0 Å². The van der Waals surface area contributed by atoms with E-state index in [0.29, 0.717) is 12.5 Å². The van der Waals surface area contributed by atoms with Crippen molar-refractivity contribution < 1.29 is 0 Å². The van der Waals surface area contributed by atoms with E-state index in [2.05, 4.69) is 23.3 Å². The lowest BCUT2D eigenvalue weighted by molar-refractivity contribution is 0.767. The number of aryl methyl sites for hydroxylation is 1. The molecule has 1 aromatic carbocycles. The van der Waals surface area contributed by atoms with Crippen molar-refractivity contribution in [3.05, 3.63) is 29.5 Å². The van der Waals surface area contributed by atoms with Gasteiger partial charge in [-0.15, -0.1) is 0 Å². The summed E-state index contributed by atoms with van der Waals surface area (Å²) in [7, 11) is 2.01. The van der Waals surface area contributed by atoms with Crippen LogP contribution in [-0.4, -0.2) is 9.78 Å². The fraction of sp³-hybridized carbons (Fsp3) is 0.417. The van der Waals surface area contributed by atoms with Gasteiger partial charge >= 0.3 is 0 Å². The van der Waals surface area contributed by atoms with Gasteiger partial charge in [0.25, 0.3) is 0 Å². The van der Waals surface area contributed by atoms with Crippen molar-refractivity contribution in [3.63, 3.8) is 0 Å². The second-order valence-electron chi connectivity index (χ2n) is 4.30. The van der Waals surface area contributed by atoms with E-state index in [9.17, 15) is 0 Å². The summed E-state index contributed by atoms with van der Waals surface area (Å²) < 4.78 is 1.97. The smallest absolute Gasteiger partial charge is 0.0737 e. The number of aromatic nitrogens is 2. The molecule has 0 unspecified atom stereocenters. The summed E-state index contributed by atoms with van der Waals surface area (Å²) in [5.41, 5.74) is 9.47. The number of benzene rings is 1. The molecule has 3 nitrogen and oxygen atoms in total. The first-order valence-electron chi connectivity index (χ1n) is 5.46. The topological polar surface area (TPSA) is 43.8 Å². The number of hydrogen-bond acceptors (Lipinski definition) is 2. The Morgan fingerprint density at radius 3 is 2.93 bits per heavy atom. The Bertz CT molecular complexity index is 509. The number of nitrogens with two attached hydrogens (primary N) is 1. The molecule has 3 rings (SSSR count). The number of hydrogen-bond donors (Lipinski definition) is 1. The molecule has 1 aliphatic rings. The molecule has 1 fully saturated rings. The van der Waals surface area contributed by atoms with E-state index in [4.69, 9.17) is 5.73 Å². The van der Waals surface area contributed by atoms with Crippen LogP contribution in [0.25, 0.3) is 10.9 Å². The van der Waals surface area contributed by atoms with E-state index in [-0.39, 0.29) is 0 Å². The van der Waals surface area contributed by atoms with Crippen LogP contribution in [0.5, 0.6) is 0 Å². The molecule has 0 amide bonds. The summed E-state index contributed by atoms with van der Waals surface area (Å²) in [6.45, 7) is 0.600. The first-order chi connectivity index (χ1) is 7.31. The molecule has 1 aromatic heterocycles. The summed E-state index contributed by atoms with van der Waals surface area (Å²) in [5.74, 6) is 0.682. The lowest BCUT2D eigenvalue weighted by Gasteiger charge is -2.01. The Hall–Kier alpha value is -1.35. The fourth-order valence-corrected chi connectivity index (χ4v) is 2.23. The largest absolute Gasteiger partial charge is 0.326 e. The first kappa shape index (κ1) is 8.92. The third-order valence-electron chi connectivity index (χ3n) is 3.18. The maximum absolute atomic E-state index is 5.78. The summed E-state index contributed by atoms with van der Waals surface area (Å²) in [6.07, 6.45) is 2.57. The van der Waals surface area contributed by atoms with E-state index in [1.54, 1.807) is 0 Å². The lowest BCUT2D eigenvalue weighted by Crippen LogP contribution is -1.97. The zero-order valence-electron chi connectivity index (χ0n) is 8.90. The van der Waals surface area contributed by atoms with Gasteiger partial charge in [0.1, 0.15) is 0 Å². The normalized spacial score (nSPS) is 16.1. The third kappa shape index (κ3) is 1.27. The molecular weight excluding hydrogens is 186 g/mol. The molecule has 15 heavy (non-hydrogen) atoms. The molecule has 0 bridgehead atoms. The Balaban J connectivity index is 2.34. The van der Waals surface area contributed by atoms with Crippen LogP contribution in [0.2, 0.25) is 0 Å². The molecule has 78 valence electrons. The van der Waals surface area contributed by atoms with Gasteiger partial charge in [0.05, 0.1) is 11.2 Å². The Kier molecular flexibility index (Phi) is 1.83. The minimum Gasteiger partial charge on any atom is -0.326 e. The van der Waals surface area contributed by atoms with Gasteiger partial charge in [-0.05, 0) is 24.5 Å². The highest BCUT2D eigenvalue weighted by Crippen LogP contribution is 2.43. The monoisotopic (exact) mass is 201 g/mol. The molecule has 0 aliphatic heterocycles. The standard InChI is InChI=1S/C12H15N3/c1-15-10-4-2-3-9(7-13)11(10)12(14-15)8-5-6-8/h2-4,8H,5-7,13H2,1H3. The molecule has 2 N–H and O–H groups in total. The SMILES string of the molecule is Cn1nc(C2CC2)c2c(CN)cccc21. The van der Waals surface area contributed by atoms with Crippen molar-refractivity contribution in [1.29, 1.82) is 0 Å². The van der Waals surface area contributed by atoms with Gasteiger partial charge in [-0.3, -0.25) is 4.68 Å².